The number of nitrogens with one attached hydrogen (secondary N) is 1. The third-order valence-electron chi connectivity index (χ3n) is 3.56. The molecule has 1 heterocycles. The van der Waals surface area contributed by atoms with Gasteiger partial charge in [0.05, 0.1) is 29.0 Å². The van der Waals surface area contributed by atoms with Crippen molar-refractivity contribution in [2.24, 2.45) is 9.98 Å². The van der Waals surface area contributed by atoms with E-state index in [2.05, 4.69) is 15.3 Å². The van der Waals surface area contributed by atoms with Crippen LogP contribution in [0.4, 0.5) is 10.5 Å². The number of halogens is 1. The van der Waals surface area contributed by atoms with Crippen molar-refractivity contribution in [2.75, 3.05) is 18.5 Å². The smallest absolute Gasteiger partial charge is 0.368 e. The summed E-state index contributed by atoms with van der Waals surface area (Å²) in [6, 6.07) is 8.71. The van der Waals surface area contributed by atoms with Gasteiger partial charge in [-0.25, -0.2) is 4.79 Å². The number of hydrogen-bond acceptors (Lipinski definition) is 4. The van der Waals surface area contributed by atoms with Crippen LogP contribution in [0.2, 0.25) is 5.02 Å². The molecule has 0 fully saturated rings. The molecular formula is C18H18ClN3O3. The number of amides is 2. The number of carbonyl (C=O) groups is 1. The van der Waals surface area contributed by atoms with Gasteiger partial charge in [-0.1, -0.05) is 11.6 Å². The molecule has 0 aliphatic carbocycles. The van der Waals surface area contributed by atoms with E-state index in [1.165, 1.54) is 0 Å². The molecule has 3 rings (SSSR count). The molecule has 0 atom stereocenters. The average molecular weight is 360 g/mol. The number of anilines is 1. The Kier molecular flexibility index (Phi) is 5.19. The highest BCUT2D eigenvalue weighted by atomic mass is 35.5. The first kappa shape index (κ1) is 17.2. The van der Waals surface area contributed by atoms with Gasteiger partial charge in [0, 0.05) is 12.2 Å². The first-order valence-electron chi connectivity index (χ1n) is 8.04. The molecule has 2 aromatic rings. The van der Waals surface area contributed by atoms with Gasteiger partial charge in [-0.05, 0) is 49.7 Å². The van der Waals surface area contributed by atoms with Crippen LogP contribution in [0.1, 0.15) is 19.4 Å². The zero-order valence-corrected chi connectivity index (χ0v) is 14.8. The monoisotopic (exact) mass is 359 g/mol. The lowest BCUT2D eigenvalue weighted by Gasteiger charge is -2.15. The summed E-state index contributed by atoms with van der Waals surface area (Å²) < 4.78 is 11.2. The molecule has 2 amide bonds. The number of hydrogen-bond donors (Lipinski definition) is 1. The molecule has 0 saturated carbocycles. The largest absolute Gasteiger partial charge is 0.490 e. The molecule has 7 heteroatoms. The highest BCUT2D eigenvalue weighted by molar-refractivity contribution is 6.32. The normalized spacial score (nSPS) is 12.2. The first-order valence-corrected chi connectivity index (χ1v) is 8.42. The van der Waals surface area contributed by atoms with Crippen molar-refractivity contribution in [3.63, 3.8) is 0 Å². The number of nitrogens with zero attached hydrogens (tertiary/aromatic N) is 2. The van der Waals surface area contributed by atoms with Crippen LogP contribution in [-0.4, -0.2) is 19.2 Å². The van der Waals surface area contributed by atoms with E-state index in [4.69, 9.17) is 21.1 Å². The van der Waals surface area contributed by atoms with Crippen molar-refractivity contribution >= 4 is 23.3 Å². The van der Waals surface area contributed by atoms with E-state index >= 15 is 0 Å². The van der Waals surface area contributed by atoms with E-state index in [1.807, 2.05) is 32.0 Å². The molecule has 25 heavy (non-hydrogen) atoms. The molecule has 0 bridgehead atoms. The predicted molar refractivity (Wildman–Crippen MR) is 95.3 cm³/mol. The fraction of sp³-hybridized carbons (Fsp3) is 0.278. The summed E-state index contributed by atoms with van der Waals surface area (Å²) in [7, 11) is 0. The predicted octanol–water partition coefficient (Wildman–Crippen LogP) is 3.12. The SMILES string of the molecule is CCOc1cc(CNc2ccc3c(c2)=NC(=O)N=3)cc(Cl)c1OCC. The maximum atomic E-state index is 11.2. The molecular weight excluding hydrogens is 342 g/mol. The molecule has 2 aromatic carbocycles. The van der Waals surface area contributed by atoms with Crippen molar-refractivity contribution in [2.45, 2.75) is 20.4 Å². The summed E-state index contributed by atoms with van der Waals surface area (Å²) >= 11 is 6.33. The van der Waals surface area contributed by atoms with Gasteiger partial charge in [-0.15, -0.1) is 0 Å². The minimum absolute atomic E-state index is 0.466. The van der Waals surface area contributed by atoms with E-state index < -0.39 is 6.03 Å². The van der Waals surface area contributed by atoms with Gasteiger partial charge in [0.2, 0.25) is 0 Å². The topological polar surface area (TPSA) is 72.3 Å². The number of urea groups is 1. The van der Waals surface area contributed by atoms with Crippen LogP contribution in [-0.2, 0) is 6.54 Å². The van der Waals surface area contributed by atoms with Gasteiger partial charge in [-0.3, -0.25) is 0 Å². The van der Waals surface area contributed by atoms with E-state index in [9.17, 15) is 4.79 Å². The van der Waals surface area contributed by atoms with Crippen LogP contribution in [0.3, 0.4) is 0 Å². The minimum Gasteiger partial charge on any atom is -0.490 e. The lowest BCUT2D eigenvalue weighted by atomic mass is 10.2. The van der Waals surface area contributed by atoms with Crippen LogP contribution in [0.15, 0.2) is 40.3 Å². The van der Waals surface area contributed by atoms with Crippen molar-refractivity contribution in [1.82, 2.24) is 0 Å². The van der Waals surface area contributed by atoms with Crippen LogP contribution >= 0.6 is 11.6 Å². The van der Waals surface area contributed by atoms with Crippen molar-refractivity contribution in [3.8, 4) is 11.5 Å². The number of carbonyl (C=O) groups excluding carboxylic acids is 1. The summed E-state index contributed by atoms with van der Waals surface area (Å²) in [6.07, 6.45) is 0. The maximum absolute atomic E-state index is 11.2. The highest BCUT2D eigenvalue weighted by Gasteiger charge is 2.12. The van der Waals surface area contributed by atoms with Crippen molar-refractivity contribution in [1.29, 1.82) is 0 Å². The summed E-state index contributed by atoms with van der Waals surface area (Å²) in [5.74, 6) is 1.19. The summed E-state index contributed by atoms with van der Waals surface area (Å²) in [6.45, 7) is 5.39. The summed E-state index contributed by atoms with van der Waals surface area (Å²) in [5, 5.41) is 4.97. The Morgan fingerprint density at radius 3 is 2.56 bits per heavy atom. The average Bonchev–Trinajstić information content (AvgIpc) is 2.95. The van der Waals surface area contributed by atoms with Gasteiger partial charge in [0.15, 0.2) is 11.5 Å². The third-order valence-corrected chi connectivity index (χ3v) is 3.84. The third kappa shape index (κ3) is 3.91. The second-order valence-electron chi connectivity index (χ2n) is 5.33. The molecule has 130 valence electrons. The fourth-order valence-electron chi connectivity index (χ4n) is 2.52. The molecule has 0 radical (unpaired) electrons. The van der Waals surface area contributed by atoms with Gasteiger partial charge in [-0.2, -0.15) is 9.98 Å². The van der Waals surface area contributed by atoms with Crippen molar-refractivity contribution in [3.05, 3.63) is 51.6 Å². The first-order chi connectivity index (χ1) is 12.1. The van der Waals surface area contributed by atoms with E-state index in [1.54, 1.807) is 12.1 Å². The van der Waals surface area contributed by atoms with Gasteiger partial charge in [0.1, 0.15) is 0 Å². The molecule has 0 unspecified atom stereocenters. The molecule has 0 spiro atoms. The number of ether oxygens (including phenoxy) is 2. The van der Waals surface area contributed by atoms with Crippen LogP contribution in [0.25, 0.3) is 0 Å². The lowest BCUT2D eigenvalue weighted by molar-refractivity contribution is 0.256. The number of fused-ring (bicyclic) bond motifs is 1. The van der Waals surface area contributed by atoms with Crippen molar-refractivity contribution < 1.29 is 14.3 Å². The Labute approximate surface area is 150 Å². The number of benzene rings is 2. The Bertz CT molecular complexity index is 928. The van der Waals surface area contributed by atoms with E-state index in [-0.39, 0.29) is 0 Å². The molecule has 6 nitrogen and oxygen atoms in total. The second kappa shape index (κ2) is 7.53. The Balaban J connectivity index is 1.80. The lowest BCUT2D eigenvalue weighted by Crippen LogP contribution is -2.21. The Morgan fingerprint density at radius 2 is 1.80 bits per heavy atom. The molecule has 1 aliphatic heterocycles. The van der Waals surface area contributed by atoms with Crippen LogP contribution in [0, 0.1) is 0 Å². The molecule has 0 aromatic heterocycles. The van der Waals surface area contributed by atoms with Gasteiger partial charge < -0.3 is 14.8 Å². The number of rotatable bonds is 7. The quantitative estimate of drug-likeness (QED) is 0.824. The fourth-order valence-corrected chi connectivity index (χ4v) is 2.81. The van der Waals surface area contributed by atoms with E-state index in [0.29, 0.717) is 47.0 Å². The molecule has 1 aliphatic rings. The Morgan fingerprint density at radius 1 is 1.04 bits per heavy atom. The zero-order valence-electron chi connectivity index (χ0n) is 14.0. The molecule has 0 saturated heterocycles. The minimum atomic E-state index is -0.466. The maximum Gasteiger partial charge on any atom is 0.368 e. The standard InChI is InChI=1S/C18H18ClN3O3/c1-3-24-16-8-11(7-13(19)17(16)25-4-2)10-20-12-5-6-14-15(9-12)22-18(23)21-14/h5-9,20H,3-4,10H2,1-2H3. The summed E-state index contributed by atoms with van der Waals surface area (Å²) in [4.78, 5) is 18.9. The van der Waals surface area contributed by atoms with Gasteiger partial charge in [0.25, 0.3) is 0 Å². The Hall–Kier alpha value is -2.60. The second-order valence-corrected chi connectivity index (χ2v) is 5.74. The van der Waals surface area contributed by atoms with Crippen LogP contribution < -0.4 is 25.5 Å². The highest BCUT2D eigenvalue weighted by Crippen LogP contribution is 2.36. The van der Waals surface area contributed by atoms with Crippen LogP contribution in [0.5, 0.6) is 11.5 Å². The molecule has 1 N–H and O–H groups in total. The van der Waals surface area contributed by atoms with E-state index in [0.717, 1.165) is 11.3 Å². The van der Waals surface area contributed by atoms with Gasteiger partial charge >= 0.3 is 6.03 Å². The summed E-state index contributed by atoms with van der Waals surface area (Å²) in [5.41, 5.74) is 1.80. The zero-order chi connectivity index (χ0) is 17.8.